The van der Waals surface area contributed by atoms with E-state index in [9.17, 15) is 18.0 Å². The lowest BCUT2D eigenvalue weighted by molar-refractivity contribution is -0.140. The molecule has 46 heavy (non-hydrogen) atoms. The maximum atomic E-state index is 14.7. The molecule has 1 fully saturated rings. The van der Waals surface area contributed by atoms with Gasteiger partial charge in [0, 0.05) is 24.0 Å². The number of sulfonamides is 1. The monoisotopic (exact) mass is 657 g/mol. The van der Waals surface area contributed by atoms with E-state index in [0.29, 0.717) is 10.7 Å². The standard InChI is InChI=1S/C37H40ClN3O4S/c1-27-13-11-22-34(28(27)2)41(46(44,45)33-20-7-4-8-21-33)26-36(42)40(25-30-16-12-17-31(38)23-30)35(24-29-14-5-3-6-15-29)37(43)39-32-18-9-10-19-32/h3-8,11-17,20-23,32,35H,9-10,18-19,24-26H2,1-2H3,(H,39,43). The van der Waals surface area contributed by atoms with Crippen molar-refractivity contribution in [3.63, 3.8) is 0 Å². The molecule has 4 aromatic rings. The average molecular weight is 658 g/mol. The fourth-order valence-electron chi connectivity index (χ4n) is 5.99. The second-order valence-electron chi connectivity index (χ2n) is 11.9. The lowest BCUT2D eigenvalue weighted by Gasteiger charge is -2.34. The van der Waals surface area contributed by atoms with Gasteiger partial charge in [0.1, 0.15) is 12.6 Å². The Morgan fingerprint density at radius 1 is 0.848 bits per heavy atom. The first-order valence-electron chi connectivity index (χ1n) is 15.7. The second kappa shape index (κ2) is 15.0. The average Bonchev–Trinajstić information content (AvgIpc) is 3.57. The molecular formula is C37H40ClN3O4S. The number of carbonyl (C=O) groups is 2. The maximum Gasteiger partial charge on any atom is 0.264 e. The minimum Gasteiger partial charge on any atom is -0.352 e. The van der Waals surface area contributed by atoms with Crippen molar-refractivity contribution in [3.05, 3.63) is 130 Å². The minimum absolute atomic E-state index is 0.0406. The van der Waals surface area contributed by atoms with Crippen LogP contribution in [-0.2, 0) is 32.6 Å². The van der Waals surface area contributed by atoms with Gasteiger partial charge in [-0.05, 0) is 79.3 Å². The number of rotatable bonds is 12. The molecule has 7 nitrogen and oxygen atoms in total. The zero-order valence-electron chi connectivity index (χ0n) is 26.2. The summed E-state index contributed by atoms with van der Waals surface area (Å²) in [6.07, 6.45) is 4.13. The largest absolute Gasteiger partial charge is 0.352 e. The molecular weight excluding hydrogens is 618 g/mol. The molecule has 1 aliphatic carbocycles. The van der Waals surface area contributed by atoms with Crippen LogP contribution in [0.25, 0.3) is 0 Å². The van der Waals surface area contributed by atoms with Crippen LogP contribution in [0, 0.1) is 13.8 Å². The molecule has 240 valence electrons. The predicted molar refractivity (Wildman–Crippen MR) is 183 cm³/mol. The van der Waals surface area contributed by atoms with Crippen molar-refractivity contribution in [2.24, 2.45) is 0 Å². The Morgan fingerprint density at radius 3 is 2.15 bits per heavy atom. The van der Waals surface area contributed by atoms with Gasteiger partial charge in [-0.1, -0.05) is 97.2 Å². The highest BCUT2D eigenvalue weighted by Crippen LogP contribution is 2.29. The molecule has 0 bridgehead atoms. The topological polar surface area (TPSA) is 86.8 Å². The lowest BCUT2D eigenvalue weighted by Crippen LogP contribution is -2.54. The Bertz CT molecular complexity index is 1760. The second-order valence-corrected chi connectivity index (χ2v) is 14.2. The number of carbonyl (C=O) groups excluding carboxylic acids is 2. The summed E-state index contributed by atoms with van der Waals surface area (Å²) in [7, 11) is -4.16. The van der Waals surface area contributed by atoms with Gasteiger partial charge in [-0.3, -0.25) is 13.9 Å². The molecule has 1 unspecified atom stereocenters. The number of hydrogen-bond donors (Lipinski definition) is 1. The Kier molecular flexibility index (Phi) is 10.8. The van der Waals surface area contributed by atoms with Crippen LogP contribution in [0.1, 0.15) is 47.9 Å². The van der Waals surface area contributed by atoms with Crippen molar-refractivity contribution in [1.82, 2.24) is 10.2 Å². The van der Waals surface area contributed by atoms with Crippen LogP contribution < -0.4 is 9.62 Å². The van der Waals surface area contributed by atoms with Crippen molar-refractivity contribution in [1.29, 1.82) is 0 Å². The van der Waals surface area contributed by atoms with Crippen LogP contribution >= 0.6 is 11.6 Å². The van der Waals surface area contributed by atoms with Crippen molar-refractivity contribution in [2.75, 3.05) is 10.8 Å². The minimum atomic E-state index is -4.16. The Balaban J connectivity index is 1.59. The number of benzene rings is 4. The first-order chi connectivity index (χ1) is 22.1. The molecule has 1 atom stereocenters. The summed E-state index contributed by atoms with van der Waals surface area (Å²) in [5, 5.41) is 3.70. The van der Waals surface area contributed by atoms with Crippen LogP contribution in [0.5, 0.6) is 0 Å². The normalized spacial score (nSPS) is 14.1. The van der Waals surface area contributed by atoms with E-state index in [1.165, 1.54) is 21.3 Å². The molecule has 4 aromatic carbocycles. The summed E-state index contributed by atoms with van der Waals surface area (Å²) >= 11 is 6.35. The highest BCUT2D eigenvalue weighted by atomic mass is 35.5. The highest BCUT2D eigenvalue weighted by Gasteiger charge is 2.36. The zero-order valence-corrected chi connectivity index (χ0v) is 27.8. The Morgan fingerprint density at radius 2 is 1.48 bits per heavy atom. The highest BCUT2D eigenvalue weighted by molar-refractivity contribution is 7.92. The van der Waals surface area contributed by atoms with Gasteiger partial charge in [-0.15, -0.1) is 0 Å². The summed E-state index contributed by atoms with van der Waals surface area (Å²) in [4.78, 5) is 30.4. The molecule has 0 spiro atoms. The summed E-state index contributed by atoms with van der Waals surface area (Å²) in [5.41, 5.74) is 3.68. The summed E-state index contributed by atoms with van der Waals surface area (Å²) in [6.45, 7) is 3.33. The van der Waals surface area contributed by atoms with Crippen LogP contribution in [0.4, 0.5) is 5.69 Å². The van der Waals surface area contributed by atoms with E-state index in [1.807, 2.05) is 56.3 Å². The van der Waals surface area contributed by atoms with Gasteiger partial charge in [0.15, 0.2) is 0 Å². The van der Waals surface area contributed by atoms with Crippen LogP contribution in [0.3, 0.4) is 0 Å². The van der Waals surface area contributed by atoms with Crippen LogP contribution in [0.2, 0.25) is 5.02 Å². The molecule has 0 saturated heterocycles. The molecule has 1 saturated carbocycles. The van der Waals surface area contributed by atoms with Gasteiger partial charge in [0.25, 0.3) is 10.0 Å². The molecule has 0 aromatic heterocycles. The summed E-state index contributed by atoms with van der Waals surface area (Å²) in [5.74, 6) is -0.752. The Labute approximate surface area is 277 Å². The van der Waals surface area contributed by atoms with E-state index in [2.05, 4.69) is 5.32 Å². The smallest absolute Gasteiger partial charge is 0.264 e. The van der Waals surface area contributed by atoms with E-state index >= 15 is 0 Å². The molecule has 0 heterocycles. The molecule has 9 heteroatoms. The maximum absolute atomic E-state index is 14.7. The summed E-state index contributed by atoms with van der Waals surface area (Å²) < 4.78 is 29.7. The summed E-state index contributed by atoms with van der Waals surface area (Å²) in [6, 6.07) is 29.4. The van der Waals surface area contributed by atoms with Gasteiger partial charge in [-0.2, -0.15) is 0 Å². The van der Waals surface area contributed by atoms with Gasteiger partial charge < -0.3 is 10.2 Å². The third kappa shape index (κ3) is 7.98. The first kappa shape index (κ1) is 33.2. The molecule has 1 N–H and O–H groups in total. The predicted octanol–water partition coefficient (Wildman–Crippen LogP) is 6.85. The van der Waals surface area contributed by atoms with Gasteiger partial charge in [-0.25, -0.2) is 8.42 Å². The van der Waals surface area contributed by atoms with Crippen LogP contribution in [0.15, 0.2) is 108 Å². The third-order valence-electron chi connectivity index (χ3n) is 8.67. The van der Waals surface area contributed by atoms with Crippen molar-refractivity contribution >= 4 is 39.1 Å². The van der Waals surface area contributed by atoms with Gasteiger partial charge in [0.2, 0.25) is 11.8 Å². The van der Waals surface area contributed by atoms with E-state index < -0.39 is 28.5 Å². The number of amides is 2. The van der Waals surface area contributed by atoms with E-state index in [-0.39, 0.29) is 29.8 Å². The van der Waals surface area contributed by atoms with Crippen molar-refractivity contribution in [3.8, 4) is 0 Å². The van der Waals surface area contributed by atoms with Crippen molar-refractivity contribution < 1.29 is 18.0 Å². The van der Waals surface area contributed by atoms with Gasteiger partial charge >= 0.3 is 0 Å². The fourth-order valence-corrected chi connectivity index (χ4v) is 7.70. The van der Waals surface area contributed by atoms with Crippen LogP contribution in [-0.4, -0.2) is 43.8 Å². The van der Waals surface area contributed by atoms with Crippen molar-refractivity contribution in [2.45, 2.75) is 69.5 Å². The number of nitrogens with zero attached hydrogens (tertiary/aromatic N) is 2. The van der Waals surface area contributed by atoms with E-state index in [1.54, 1.807) is 48.5 Å². The molecule has 1 aliphatic rings. The number of hydrogen-bond acceptors (Lipinski definition) is 4. The number of aryl methyl sites for hydroxylation is 1. The lowest BCUT2D eigenvalue weighted by atomic mass is 10.0. The number of halogens is 1. The fraction of sp³-hybridized carbons (Fsp3) is 0.297. The molecule has 5 rings (SSSR count). The first-order valence-corrected chi connectivity index (χ1v) is 17.5. The zero-order chi connectivity index (χ0) is 32.7. The van der Waals surface area contributed by atoms with E-state index in [4.69, 9.17) is 11.6 Å². The molecule has 0 aliphatic heterocycles. The SMILES string of the molecule is Cc1cccc(N(CC(=O)N(Cc2cccc(Cl)c2)C(Cc2ccccc2)C(=O)NC2CCCC2)S(=O)(=O)c2ccccc2)c1C. The quantitative estimate of drug-likeness (QED) is 0.181. The number of nitrogens with one attached hydrogen (secondary N) is 1. The third-order valence-corrected chi connectivity index (χ3v) is 10.7. The Hall–Kier alpha value is -4.14. The van der Waals surface area contributed by atoms with Gasteiger partial charge in [0.05, 0.1) is 10.6 Å². The molecule has 2 amide bonds. The number of anilines is 1. The van der Waals surface area contributed by atoms with E-state index in [0.717, 1.165) is 47.9 Å². The molecule has 0 radical (unpaired) electrons.